The van der Waals surface area contributed by atoms with Crippen LogP contribution in [-0.4, -0.2) is 11.5 Å². The van der Waals surface area contributed by atoms with Gasteiger partial charge in [0.05, 0.1) is 0 Å². The van der Waals surface area contributed by atoms with Crippen molar-refractivity contribution >= 4 is 5.97 Å². The molecule has 0 amide bonds. The van der Waals surface area contributed by atoms with Crippen LogP contribution in [0.3, 0.4) is 0 Å². The minimum absolute atomic E-state index is 0.630. The minimum atomic E-state index is -1.11. The summed E-state index contributed by atoms with van der Waals surface area (Å²) in [4.78, 5) is 14.9. The highest BCUT2D eigenvalue weighted by Gasteiger charge is 2.26. The van der Waals surface area contributed by atoms with Crippen molar-refractivity contribution in [2.24, 2.45) is 11.6 Å². The molecule has 4 nitrogen and oxygen atoms in total. The zero-order valence-corrected chi connectivity index (χ0v) is 7.54. The molecule has 0 aliphatic heterocycles. The summed E-state index contributed by atoms with van der Waals surface area (Å²) < 4.78 is 0. The standard InChI is InChI=1S/C8H16N2O2/c1-3-4-5-6-8(2,9)7(11)12-10/h5-6H,3-4,9-10H2,1-2H3/t8-/m0/s1. The van der Waals surface area contributed by atoms with Crippen LogP contribution in [0.15, 0.2) is 12.2 Å². The summed E-state index contributed by atoms with van der Waals surface area (Å²) in [5, 5.41) is 0. The summed E-state index contributed by atoms with van der Waals surface area (Å²) in [7, 11) is 0. The molecular formula is C8H16N2O2. The lowest BCUT2D eigenvalue weighted by Gasteiger charge is -2.15. The summed E-state index contributed by atoms with van der Waals surface area (Å²) in [6.45, 7) is 3.59. The van der Waals surface area contributed by atoms with Crippen LogP contribution in [0.1, 0.15) is 26.7 Å². The number of allylic oxidation sites excluding steroid dienone is 1. The summed E-state index contributed by atoms with van der Waals surface area (Å²) in [5.41, 5.74) is 4.46. The molecule has 12 heavy (non-hydrogen) atoms. The fourth-order valence-corrected chi connectivity index (χ4v) is 0.690. The second-order valence-corrected chi connectivity index (χ2v) is 2.88. The van der Waals surface area contributed by atoms with Gasteiger partial charge in [-0.05, 0) is 13.3 Å². The Bertz CT molecular complexity index is 176. The molecule has 4 heteroatoms. The van der Waals surface area contributed by atoms with Crippen LogP contribution in [-0.2, 0) is 9.63 Å². The van der Waals surface area contributed by atoms with E-state index in [9.17, 15) is 4.79 Å². The van der Waals surface area contributed by atoms with Crippen molar-refractivity contribution in [2.75, 3.05) is 0 Å². The van der Waals surface area contributed by atoms with Gasteiger partial charge in [0.15, 0.2) is 0 Å². The Labute approximate surface area is 72.5 Å². The first kappa shape index (κ1) is 11.1. The summed E-state index contributed by atoms with van der Waals surface area (Å²) >= 11 is 0. The van der Waals surface area contributed by atoms with Crippen LogP contribution in [0.4, 0.5) is 0 Å². The van der Waals surface area contributed by atoms with Gasteiger partial charge in [0.25, 0.3) is 0 Å². The Kier molecular flexibility index (Phi) is 4.54. The number of carbonyl (C=O) groups is 1. The van der Waals surface area contributed by atoms with Crippen molar-refractivity contribution in [3.63, 3.8) is 0 Å². The van der Waals surface area contributed by atoms with E-state index in [0.717, 1.165) is 12.8 Å². The molecule has 0 aromatic rings. The number of hydrogen-bond acceptors (Lipinski definition) is 4. The molecule has 0 saturated carbocycles. The Balaban J connectivity index is 4.11. The zero-order valence-electron chi connectivity index (χ0n) is 7.54. The van der Waals surface area contributed by atoms with Crippen LogP contribution in [0.25, 0.3) is 0 Å². The highest BCUT2D eigenvalue weighted by atomic mass is 16.7. The van der Waals surface area contributed by atoms with E-state index in [2.05, 4.69) is 4.84 Å². The molecule has 0 fully saturated rings. The predicted molar refractivity (Wildman–Crippen MR) is 46.9 cm³/mol. The molecule has 0 saturated heterocycles. The number of unbranched alkanes of at least 4 members (excludes halogenated alkanes) is 1. The zero-order chi connectivity index (χ0) is 9.61. The largest absolute Gasteiger partial charge is 0.372 e. The maximum atomic E-state index is 10.9. The van der Waals surface area contributed by atoms with Gasteiger partial charge in [0, 0.05) is 0 Å². The second-order valence-electron chi connectivity index (χ2n) is 2.88. The fourth-order valence-electron chi connectivity index (χ4n) is 0.690. The highest BCUT2D eigenvalue weighted by molar-refractivity contribution is 5.82. The average Bonchev–Trinajstić information content (AvgIpc) is 2.03. The Morgan fingerprint density at radius 2 is 2.25 bits per heavy atom. The van der Waals surface area contributed by atoms with E-state index in [1.54, 1.807) is 13.0 Å². The van der Waals surface area contributed by atoms with Crippen LogP contribution in [0.5, 0.6) is 0 Å². The molecule has 70 valence electrons. The third kappa shape index (κ3) is 3.50. The first-order chi connectivity index (χ1) is 5.54. The van der Waals surface area contributed by atoms with Crippen LogP contribution in [0, 0.1) is 0 Å². The monoisotopic (exact) mass is 172 g/mol. The second kappa shape index (κ2) is 4.90. The molecule has 4 N–H and O–H groups in total. The molecule has 0 aromatic heterocycles. The maximum absolute atomic E-state index is 10.9. The van der Waals surface area contributed by atoms with E-state index in [-0.39, 0.29) is 0 Å². The SMILES string of the molecule is CCCC=C[C@](C)(N)C(=O)ON. The van der Waals surface area contributed by atoms with Crippen molar-refractivity contribution in [3.05, 3.63) is 12.2 Å². The van der Waals surface area contributed by atoms with Crippen molar-refractivity contribution in [1.29, 1.82) is 0 Å². The van der Waals surface area contributed by atoms with Gasteiger partial charge >= 0.3 is 5.97 Å². The van der Waals surface area contributed by atoms with Crippen LogP contribution < -0.4 is 11.6 Å². The highest BCUT2D eigenvalue weighted by Crippen LogP contribution is 2.04. The lowest BCUT2D eigenvalue weighted by Crippen LogP contribution is -2.45. The Morgan fingerprint density at radius 1 is 1.67 bits per heavy atom. The molecular weight excluding hydrogens is 156 g/mol. The molecule has 0 radical (unpaired) electrons. The van der Waals surface area contributed by atoms with Gasteiger partial charge in [-0.25, -0.2) is 4.79 Å². The molecule has 0 heterocycles. The third-order valence-corrected chi connectivity index (χ3v) is 1.47. The van der Waals surface area contributed by atoms with Crippen molar-refractivity contribution in [2.45, 2.75) is 32.2 Å². The molecule has 0 aromatic carbocycles. The number of nitrogens with two attached hydrogens (primary N) is 2. The van der Waals surface area contributed by atoms with E-state index in [0.29, 0.717) is 0 Å². The molecule has 0 aliphatic rings. The van der Waals surface area contributed by atoms with E-state index in [4.69, 9.17) is 11.6 Å². The number of carbonyl (C=O) groups excluding carboxylic acids is 1. The summed E-state index contributed by atoms with van der Waals surface area (Å²) in [6, 6.07) is 0. The van der Waals surface area contributed by atoms with E-state index in [1.807, 2.05) is 13.0 Å². The third-order valence-electron chi connectivity index (χ3n) is 1.47. The lowest BCUT2D eigenvalue weighted by molar-refractivity contribution is -0.148. The van der Waals surface area contributed by atoms with Gasteiger partial charge in [-0.3, -0.25) is 0 Å². The van der Waals surface area contributed by atoms with E-state index in [1.165, 1.54) is 0 Å². The Hall–Kier alpha value is -0.870. The van der Waals surface area contributed by atoms with Crippen LogP contribution >= 0.6 is 0 Å². The van der Waals surface area contributed by atoms with Gasteiger partial charge < -0.3 is 10.6 Å². The van der Waals surface area contributed by atoms with E-state index >= 15 is 0 Å². The van der Waals surface area contributed by atoms with Gasteiger partial charge in [-0.1, -0.05) is 25.5 Å². The van der Waals surface area contributed by atoms with Crippen molar-refractivity contribution in [3.8, 4) is 0 Å². The number of hydrogen-bond donors (Lipinski definition) is 2. The lowest BCUT2D eigenvalue weighted by atomic mass is 10.0. The van der Waals surface area contributed by atoms with Gasteiger partial charge in [0.1, 0.15) is 5.54 Å². The number of rotatable bonds is 4. The van der Waals surface area contributed by atoms with Gasteiger partial charge in [0.2, 0.25) is 0 Å². The molecule has 0 spiro atoms. The average molecular weight is 172 g/mol. The first-order valence-electron chi connectivity index (χ1n) is 3.92. The van der Waals surface area contributed by atoms with E-state index < -0.39 is 11.5 Å². The fraction of sp³-hybridized carbons (Fsp3) is 0.625. The topological polar surface area (TPSA) is 78.3 Å². The minimum Gasteiger partial charge on any atom is -0.372 e. The van der Waals surface area contributed by atoms with Crippen molar-refractivity contribution in [1.82, 2.24) is 0 Å². The van der Waals surface area contributed by atoms with Gasteiger partial charge in [-0.15, -0.1) is 0 Å². The summed E-state index contributed by atoms with van der Waals surface area (Å²) in [6.07, 6.45) is 5.36. The first-order valence-corrected chi connectivity index (χ1v) is 3.92. The smallest absolute Gasteiger partial charge is 0.348 e. The molecule has 0 aliphatic carbocycles. The van der Waals surface area contributed by atoms with Crippen molar-refractivity contribution < 1.29 is 9.63 Å². The summed E-state index contributed by atoms with van der Waals surface area (Å²) in [5.74, 6) is 4.07. The Morgan fingerprint density at radius 3 is 2.67 bits per heavy atom. The molecule has 0 unspecified atom stereocenters. The molecule has 1 atom stereocenters. The molecule has 0 rings (SSSR count). The molecule has 0 bridgehead atoms. The normalized spacial score (nSPS) is 16.0. The maximum Gasteiger partial charge on any atom is 0.348 e. The quantitative estimate of drug-likeness (QED) is 0.477. The predicted octanol–water partition coefficient (Wildman–Crippen LogP) is 0.477. The van der Waals surface area contributed by atoms with Gasteiger partial charge in [-0.2, -0.15) is 5.90 Å². The van der Waals surface area contributed by atoms with Crippen LogP contribution in [0.2, 0.25) is 0 Å².